The summed E-state index contributed by atoms with van der Waals surface area (Å²) in [5, 5.41) is 1.52. The predicted octanol–water partition coefficient (Wildman–Crippen LogP) is 5.51. The Labute approximate surface area is 103 Å². The highest BCUT2D eigenvalue weighted by Crippen LogP contribution is 2.22. The molecule has 0 atom stereocenters. The fourth-order valence-corrected chi connectivity index (χ4v) is 2.15. The second-order valence-corrected chi connectivity index (χ2v) is 4.74. The van der Waals surface area contributed by atoms with Crippen molar-refractivity contribution in [3.05, 3.63) is 33.8 Å². The fraction of sp³-hybridized carbons (Fsp3) is 0.538. The van der Waals surface area contributed by atoms with Crippen molar-refractivity contribution in [2.24, 2.45) is 0 Å². The van der Waals surface area contributed by atoms with Crippen LogP contribution in [0.25, 0.3) is 0 Å². The van der Waals surface area contributed by atoms with Crippen LogP contribution in [0.15, 0.2) is 18.2 Å². The maximum atomic E-state index is 6.09. The molecule has 0 heterocycles. The van der Waals surface area contributed by atoms with Crippen molar-refractivity contribution in [2.45, 2.75) is 45.4 Å². The van der Waals surface area contributed by atoms with Crippen molar-refractivity contribution in [2.75, 3.05) is 0 Å². The van der Waals surface area contributed by atoms with E-state index in [9.17, 15) is 0 Å². The predicted molar refractivity (Wildman–Crippen MR) is 68.9 cm³/mol. The van der Waals surface area contributed by atoms with Gasteiger partial charge in [0.2, 0.25) is 0 Å². The van der Waals surface area contributed by atoms with Crippen molar-refractivity contribution >= 4 is 23.2 Å². The smallest absolute Gasteiger partial charge is 0.0452 e. The first kappa shape index (κ1) is 12.9. The van der Waals surface area contributed by atoms with Gasteiger partial charge in [0, 0.05) is 10.0 Å². The normalized spacial score (nSPS) is 10.6. The highest BCUT2D eigenvalue weighted by atomic mass is 35.5. The Kier molecular flexibility index (Phi) is 6.12. The van der Waals surface area contributed by atoms with Crippen LogP contribution in [-0.4, -0.2) is 0 Å². The van der Waals surface area contributed by atoms with Gasteiger partial charge in [0.1, 0.15) is 0 Å². The molecule has 15 heavy (non-hydrogen) atoms. The van der Waals surface area contributed by atoms with E-state index in [1.165, 1.54) is 37.7 Å². The molecule has 0 spiro atoms. The molecule has 0 aliphatic rings. The summed E-state index contributed by atoms with van der Waals surface area (Å²) in [7, 11) is 0. The average Bonchev–Trinajstić information content (AvgIpc) is 2.20. The van der Waals surface area contributed by atoms with Crippen LogP contribution >= 0.6 is 23.2 Å². The first-order valence-electron chi connectivity index (χ1n) is 5.68. The Morgan fingerprint density at radius 1 is 1.00 bits per heavy atom. The van der Waals surface area contributed by atoms with Crippen molar-refractivity contribution in [1.82, 2.24) is 0 Å². The van der Waals surface area contributed by atoms with E-state index in [0.717, 1.165) is 16.5 Å². The van der Waals surface area contributed by atoms with Crippen LogP contribution in [0, 0.1) is 0 Å². The minimum absolute atomic E-state index is 0.717. The number of aryl methyl sites for hydroxylation is 1. The molecule has 1 rings (SSSR count). The largest absolute Gasteiger partial charge is 0.0843 e. The second kappa shape index (κ2) is 7.14. The van der Waals surface area contributed by atoms with Crippen LogP contribution in [0.2, 0.25) is 10.0 Å². The Balaban J connectivity index is 2.31. The molecule has 2 heteroatoms. The standard InChI is InChI=1S/C13H18Cl2/c1-2-3-4-5-6-7-11-8-9-12(14)10-13(11)15/h8-10H,2-7H2,1H3. The van der Waals surface area contributed by atoms with Crippen molar-refractivity contribution in [3.63, 3.8) is 0 Å². The molecule has 0 aliphatic carbocycles. The van der Waals surface area contributed by atoms with E-state index in [-0.39, 0.29) is 0 Å². The van der Waals surface area contributed by atoms with Gasteiger partial charge in [-0.25, -0.2) is 0 Å². The van der Waals surface area contributed by atoms with Crippen molar-refractivity contribution in [3.8, 4) is 0 Å². The SMILES string of the molecule is CCCCCCCc1ccc(Cl)cc1Cl. The molecule has 0 unspecified atom stereocenters. The molecule has 0 N–H and O–H groups in total. The maximum Gasteiger partial charge on any atom is 0.0452 e. The minimum atomic E-state index is 0.717. The van der Waals surface area contributed by atoms with Gasteiger partial charge in [0.15, 0.2) is 0 Å². The number of hydrogen-bond donors (Lipinski definition) is 0. The van der Waals surface area contributed by atoms with Gasteiger partial charge >= 0.3 is 0 Å². The van der Waals surface area contributed by atoms with Crippen LogP contribution in [0.3, 0.4) is 0 Å². The van der Waals surface area contributed by atoms with Gasteiger partial charge in [-0.3, -0.25) is 0 Å². The number of unbranched alkanes of at least 4 members (excludes halogenated alkanes) is 4. The lowest BCUT2D eigenvalue weighted by Crippen LogP contribution is -1.87. The highest BCUT2D eigenvalue weighted by molar-refractivity contribution is 6.35. The molecule has 84 valence electrons. The lowest BCUT2D eigenvalue weighted by molar-refractivity contribution is 0.632. The molecule has 0 bridgehead atoms. The third-order valence-electron chi connectivity index (χ3n) is 2.56. The Bertz CT molecular complexity index is 295. The molecule has 1 aromatic rings. The summed E-state index contributed by atoms with van der Waals surface area (Å²) < 4.78 is 0. The zero-order chi connectivity index (χ0) is 11.1. The third kappa shape index (κ3) is 4.90. The summed E-state index contributed by atoms with van der Waals surface area (Å²) in [5.74, 6) is 0. The minimum Gasteiger partial charge on any atom is -0.0843 e. The number of benzene rings is 1. The van der Waals surface area contributed by atoms with Crippen LogP contribution in [0.4, 0.5) is 0 Å². The topological polar surface area (TPSA) is 0 Å². The molecule has 0 saturated carbocycles. The van der Waals surface area contributed by atoms with E-state index in [1.54, 1.807) is 0 Å². The van der Waals surface area contributed by atoms with E-state index < -0.39 is 0 Å². The van der Waals surface area contributed by atoms with Crippen molar-refractivity contribution < 1.29 is 0 Å². The first-order chi connectivity index (χ1) is 7.24. The summed E-state index contributed by atoms with van der Waals surface area (Å²) in [6.45, 7) is 2.23. The fourth-order valence-electron chi connectivity index (χ4n) is 1.64. The molecule has 0 aliphatic heterocycles. The first-order valence-corrected chi connectivity index (χ1v) is 6.43. The zero-order valence-electron chi connectivity index (χ0n) is 9.23. The molecule has 0 amide bonds. The summed E-state index contributed by atoms with van der Waals surface area (Å²) in [6.07, 6.45) is 7.56. The molecular weight excluding hydrogens is 227 g/mol. The lowest BCUT2D eigenvalue weighted by atomic mass is 10.1. The summed E-state index contributed by atoms with van der Waals surface area (Å²) in [4.78, 5) is 0. The summed E-state index contributed by atoms with van der Waals surface area (Å²) in [5.41, 5.74) is 1.22. The number of halogens is 2. The van der Waals surface area contributed by atoms with Crippen LogP contribution in [0.1, 0.15) is 44.6 Å². The number of hydrogen-bond acceptors (Lipinski definition) is 0. The molecule has 0 aromatic heterocycles. The third-order valence-corrected chi connectivity index (χ3v) is 3.15. The van der Waals surface area contributed by atoms with E-state index in [4.69, 9.17) is 23.2 Å². The van der Waals surface area contributed by atoms with E-state index in [1.807, 2.05) is 18.2 Å². The average molecular weight is 245 g/mol. The van der Waals surface area contributed by atoms with E-state index >= 15 is 0 Å². The van der Waals surface area contributed by atoms with Gasteiger partial charge in [-0.05, 0) is 30.5 Å². The summed E-state index contributed by atoms with van der Waals surface area (Å²) in [6, 6.07) is 5.77. The zero-order valence-corrected chi connectivity index (χ0v) is 10.7. The van der Waals surface area contributed by atoms with Gasteiger partial charge in [-0.15, -0.1) is 0 Å². The Hall–Kier alpha value is -0.200. The summed E-state index contributed by atoms with van der Waals surface area (Å²) >= 11 is 11.9. The van der Waals surface area contributed by atoms with E-state index in [0.29, 0.717) is 0 Å². The molecule has 0 nitrogen and oxygen atoms in total. The molecule has 0 fully saturated rings. The highest BCUT2D eigenvalue weighted by Gasteiger charge is 2.00. The Morgan fingerprint density at radius 2 is 1.73 bits per heavy atom. The van der Waals surface area contributed by atoms with Gasteiger partial charge in [0.25, 0.3) is 0 Å². The van der Waals surface area contributed by atoms with Gasteiger partial charge in [0.05, 0.1) is 0 Å². The monoisotopic (exact) mass is 244 g/mol. The molecule has 1 aromatic carbocycles. The molecular formula is C13H18Cl2. The molecule has 0 radical (unpaired) electrons. The lowest BCUT2D eigenvalue weighted by Gasteiger charge is -2.04. The van der Waals surface area contributed by atoms with Crippen molar-refractivity contribution in [1.29, 1.82) is 0 Å². The second-order valence-electron chi connectivity index (χ2n) is 3.90. The Morgan fingerprint density at radius 3 is 2.40 bits per heavy atom. The van der Waals surface area contributed by atoms with Gasteiger partial charge in [-0.1, -0.05) is 61.9 Å². The van der Waals surface area contributed by atoms with Crippen LogP contribution in [-0.2, 0) is 6.42 Å². The quantitative estimate of drug-likeness (QED) is 0.580. The molecule has 0 saturated heterocycles. The van der Waals surface area contributed by atoms with E-state index in [2.05, 4.69) is 6.92 Å². The van der Waals surface area contributed by atoms with Gasteiger partial charge < -0.3 is 0 Å². The van der Waals surface area contributed by atoms with Gasteiger partial charge in [-0.2, -0.15) is 0 Å². The van der Waals surface area contributed by atoms with Crippen LogP contribution in [0.5, 0.6) is 0 Å². The maximum absolute atomic E-state index is 6.09. The van der Waals surface area contributed by atoms with Crippen LogP contribution < -0.4 is 0 Å². The number of rotatable bonds is 6.